The number of nitrogens with one attached hydrogen (secondary N) is 2. The van der Waals surface area contributed by atoms with Crippen molar-refractivity contribution in [2.75, 3.05) is 46.2 Å². The summed E-state index contributed by atoms with van der Waals surface area (Å²) >= 11 is 0. The van der Waals surface area contributed by atoms with Gasteiger partial charge in [0.2, 0.25) is 6.79 Å². The van der Waals surface area contributed by atoms with Crippen LogP contribution in [0, 0.1) is 0 Å². The molecular formula is C26H26N4O4. The molecule has 2 aromatic heterocycles. The predicted molar refractivity (Wildman–Crippen MR) is 129 cm³/mol. The molecule has 4 aromatic rings. The van der Waals surface area contributed by atoms with Crippen molar-refractivity contribution in [1.82, 2.24) is 20.2 Å². The van der Waals surface area contributed by atoms with Crippen molar-refractivity contribution in [2.45, 2.75) is 6.42 Å². The maximum atomic E-state index is 13.1. The van der Waals surface area contributed by atoms with Gasteiger partial charge in [-0.15, -0.1) is 0 Å². The van der Waals surface area contributed by atoms with Gasteiger partial charge in [0.1, 0.15) is 5.69 Å². The first-order valence-corrected chi connectivity index (χ1v) is 11.7. The number of H-pyrrole nitrogens is 1. The van der Waals surface area contributed by atoms with E-state index in [1.165, 1.54) is 0 Å². The smallest absolute Gasteiger partial charge is 0.269 e. The van der Waals surface area contributed by atoms with Gasteiger partial charge in [-0.1, -0.05) is 18.2 Å². The molecule has 6 rings (SSSR count). The summed E-state index contributed by atoms with van der Waals surface area (Å²) in [6.45, 7) is 5.22. The Morgan fingerprint density at radius 3 is 2.79 bits per heavy atom. The summed E-state index contributed by atoms with van der Waals surface area (Å²) in [4.78, 5) is 23.8. The number of carbonyl (C=O) groups excluding carboxylic acids is 1. The molecule has 0 bridgehead atoms. The Kier molecular flexibility index (Phi) is 5.52. The molecule has 0 saturated carbocycles. The summed E-state index contributed by atoms with van der Waals surface area (Å²) in [7, 11) is 0. The van der Waals surface area contributed by atoms with Crippen molar-refractivity contribution < 1.29 is 19.0 Å². The number of aromatic amines is 1. The topological polar surface area (TPSA) is 88.7 Å². The lowest BCUT2D eigenvalue weighted by Crippen LogP contribution is -2.38. The number of carbonyl (C=O) groups is 1. The van der Waals surface area contributed by atoms with E-state index < -0.39 is 0 Å². The first kappa shape index (κ1) is 20.9. The monoisotopic (exact) mass is 458 g/mol. The molecule has 1 fully saturated rings. The highest BCUT2D eigenvalue weighted by Gasteiger charge is 2.20. The molecule has 1 saturated heterocycles. The van der Waals surface area contributed by atoms with Crippen LogP contribution in [0.2, 0.25) is 0 Å². The van der Waals surface area contributed by atoms with Crippen LogP contribution in [0.1, 0.15) is 16.9 Å². The van der Waals surface area contributed by atoms with Gasteiger partial charge in [-0.2, -0.15) is 0 Å². The fourth-order valence-electron chi connectivity index (χ4n) is 4.63. The number of para-hydroxylation sites is 1. The Morgan fingerprint density at radius 2 is 1.88 bits per heavy atom. The number of aromatic nitrogens is 2. The Labute approximate surface area is 196 Å². The summed E-state index contributed by atoms with van der Waals surface area (Å²) in [5, 5.41) is 5.08. The molecule has 8 nitrogen and oxygen atoms in total. The van der Waals surface area contributed by atoms with E-state index in [4.69, 9.17) is 19.2 Å². The van der Waals surface area contributed by atoms with Crippen LogP contribution in [-0.4, -0.2) is 67.0 Å². The summed E-state index contributed by atoms with van der Waals surface area (Å²) in [6, 6.07) is 15.7. The van der Waals surface area contributed by atoms with Crippen molar-refractivity contribution >= 4 is 27.7 Å². The minimum absolute atomic E-state index is 0.170. The molecule has 2 aliphatic heterocycles. The number of fused-ring (bicyclic) bond motifs is 4. The maximum absolute atomic E-state index is 13.1. The van der Waals surface area contributed by atoms with Crippen LogP contribution < -0.4 is 14.8 Å². The highest BCUT2D eigenvalue weighted by molar-refractivity contribution is 6.13. The molecule has 0 atom stereocenters. The zero-order chi connectivity index (χ0) is 22.9. The van der Waals surface area contributed by atoms with E-state index in [9.17, 15) is 4.79 Å². The van der Waals surface area contributed by atoms with Crippen molar-refractivity contribution in [3.63, 3.8) is 0 Å². The van der Waals surface area contributed by atoms with Gasteiger partial charge in [-0.05, 0) is 43.3 Å². The number of benzene rings is 2. The summed E-state index contributed by atoms with van der Waals surface area (Å²) < 4.78 is 16.4. The fourth-order valence-corrected chi connectivity index (χ4v) is 4.63. The number of amides is 1. The molecule has 2 aliphatic rings. The van der Waals surface area contributed by atoms with Gasteiger partial charge in [0.05, 0.1) is 24.4 Å². The number of morpholine rings is 1. The number of ether oxygens (including phenoxy) is 3. The lowest BCUT2D eigenvalue weighted by Gasteiger charge is -2.26. The second kappa shape index (κ2) is 8.96. The molecule has 1 amide bonds. The Bertz CT molecular complexity index is 1360. The van der Waals surface area contributed by atoms with Crippen LogP contribution in [-0.2, 0) is 4.74 Å². The largest absolute Gasteiger partial charge is 0.454 e. The first-order valence-electron chi connectivity index (χ1n) is 11.7. The van der Waals surface area contributed by atoms with Gasteiger partial charge in [-0.25, -0.2) is 4.98 Å². The van der Waals surface area contributed by atoms with Crippen molar-refractivity contribution in [1.29, 1.82) is 0 Å². The van der Waals surface area contributed by atoms with Crippen LogP contribution in [0.15, 0.2) is 48.5 Å². The molecule has 34 heavy (non-hydrogen) atoms. The van der Waals surface area contributed by atoms with Crippen LogP contribution in [0.3, 0.4) is 0 Å². The van der Waals surface area contributed by atoms with Gasteiger partial charge in [0, 0.05) is 41.5 Å². The summed E-state index contributed by atoms with van der Waals surface area (Å²) in [5.74, 6) is 1.23. The van der Waals surface area contributed by atoms with Crippen LogP contribution in [0.4, 0.5) is 0 Å². The fraction of sp³-hybridized carbons (Fsp3) is 0.308. The second-order valence-corrected chi connectivity index (χ2v) is 8.58. The molecule has 174 valence electrons. The quantitative estimate of drug-likeness (QED) is 0.430. The van der Waals surface area contributed by atoms with E-state index in [1.54, 1.807) is 0 Å². The van der Waals surface area contributed by atoms with Crippen LogP contribution >= 0.6 is 0 Å². The molecule has 4 heterocycles. The second-order valence-electron chi connectivity index (χ2n) is 8.58. The van der Waals surface area contributed by atoms with Gasteiger partial charge < -0.3 is 24.5 Å². The van der Waals surface area contributed by atoms with Gasteiger partial charge in [0.25, 0.3) is 5.91 Å². The Morgan fingerprint density at radius 1 is 1.03 bits per heavy atom. The third kappa shape index (κ3) is 3.95. The third-order valence-electron chi connectivity index (χ3n) is 6.42. The SMILES string of the molecule is O=C(NCCCN1CCOCC1)c1cc2c([nH]c3ccccc32)c(-c2ccc3c(c2)OCO3)n1. The van der Waals surface area contributed by atoms with E-state index in [0.717, 1.165) is 66.6 Å². The predicted octanol–water partition coefficient (Wildman–Crippen LogP) is 3.56. The maximum Gasteiger partial charge on any atom is 0.269 e. The number of hydrogen-bond acceptors (Lipinski definition) is 6. The van der Waals surface area contributed by atoms with E-state index in [2.05, 4.69) is 21.3 Å². The number of pyridine rings is 1. The van der Waals surface area contributed by atoms with E-state index in [1.807, 2.05) is 42.5 Å². The average Bonchev–Trinajstić information content (AvgIpc) is 3.50. The van der Waals surface area contributed by atoms with E-state index in [-0.39, 0.29) is 12.7 Å². The molecule has 0 spiro atoms. The zero-order valence-electron chi connectivity index (χ0n) is 18.8. The Hall–Kier alpha value is -3.62. The molecule has 2 aromatic carbocycles. The highest BCUT2D eigenvalue weighted by Crippen LogP contribution is 2.38. The number of hydrogen-bond donors (Lipinski definition) is 2. The average molecular weight is 459 g/mol. The van der Waals surface area contributed by atoms with Gasteiger partial charge in [-0.3, -0.25) is 9.69 Å². The van der Waals surface area contributed by atoms with E-state index >= 15 is 0 Å². The molecular weight excluding hydrogens is 432 g/mol. The molecule has 0 radical (unpaired) electrons. The van der Waals surface area contributed by atoms with E-state index in [0.29, 0.717) is 29.4 Å². The summed E-state index contributed by atoms with van der Waals surface area (Å²) in [5.41, 5.74) is 3.87. The number of nitrogens with zero attached hydrogens (tertiary/aromatic N) is 2. The molecule has 2 N–H and O–H groups in total. The lowest BCUT2D eigenvalue weighted by molar-refractivity contribution is 0.0374. The van der Waals surface area contributed by atoms with Gasteiger partial charge in [0.15, 0.2) is 11.5 Å². The third-order valence-corrected chi connectivity index (χ3v) is 6.42. The molecule has 0 aliphatic carbocycles. The highest BCUT2D eigenvalue weighted by atomic mass is 16.7. The van der Waals surface area contributed by atoms with Gasteiger partial charge >= 0.3 is 0 Å². The van der Waals surface area contributed by atoms with Crippen molar-refractivity contribution in [3.8, 4) is 22.8 Å². The zero-order valence-corrected chi connectivity index (χ0v) is 18.8. The summed E-state index contributed by atoms with van der Waals surface area (Å²) in [6.07, 6.45) is 0.885. The van der Waals surface area contributed by atoms with Crippen molar-refractivity contribution in [2.24, 2.45) is 0 Å². The minimum atomic E-state index is -0.170. The first-order chi connectivity index (χ1) is 16.8. The van der Waals surface area contributed by atoms with Crippen LogP contribution in [0.25, 0.3) is 33.1 Å². The van der Waals surface area contributed by atoms with Crippen LogP contribution in [0.5, 0.6) is 11.5 Å². The van der Waals surface area contributed by atoms with Crippen molar-refractivity contribution in [3.05, 3.63) is 54.2 Å². The lowest BCUT2D eigenvalue weighted by atomic mass is 10.1. The Balaban J connectivity index is 1.31. The minimum Gasteiger partial charge on any atom is -0.454 e. The molecule has 8 heteroatoms. The normalized spacial score (nSPS) is 15.8. The number of rotatable bonds is 6. The standard InChI is InChI=1S/C26H26N4O4/c31-26(27-8-3-9-30-10-12-32-13-11-30)21-15-19-18-4-1-2-5-20(18)28-25(19)24(29-21)17-6-7-22-23(14-17)34-16-33-22/h1-2,4-7,14-15,28H,3,8-13,16H2,(H,27,31). The molecule has 0 unspecified atom stereocenters.